The number of nitrogens with zero attached hydrogens (tertiary/aromatic N) is 2. The second-order valence-electron chi connectivity index (χ2n) is 6.41. The molecule has 0 aromatic heterocycles. The van der Waals surface area contributed by atoms with E-state index in [-0.39, 0.29) is 5.91 Å². The van der Waals surface area contributed by atoms with Gasteiger partial charge in [-0.2, -0.15) is 0 Å². The second kappa shape index (κ2) is 6.37. The van der Waals surface area contributed by atoms with Gasteiger partial charge in [-0.25, -0.2) is 0 Å². The summed E-state index contributed by atoms with van der Waals surface area (Å²) < 4.78 is 0. The molecule has 0 unspecified atom stereocenters. The molecule has 0 radical (unpaired) electrons. The fourth-order valence-corrected chi connectivity index (χ4v) is 4.65. The van der Waals surface area contributed by atoms with Crippen LogP contribution in [0, 0.1) is 5.41 Å². The zero-order valence-corrected chi connectivity index (χ0v) is 13.0. The normalized spacial score (nSPS) is 25.6. The van der Waals surface area contributed by atoms with Gasteiger partial charge >= 0.3 is 0 Å². The average molecular weight is 295 g/mol. The molecule has 1 aliphatic carbocycles. The topological polar surface area (TPSA) is 44.7 Å². The lowest BCUT2D eigenvalue weighted by molar-refractivity contribution is -0.128. The number of amidine groups is 1. The van der Waals surface area contributed by atoms with Gasteiger partial charge in [-0.3, -0.25) is 9.79 Å². The first kappa shape index (κ1) is 14.2. The van der Waals surface area contributed by atoms with Crippen LogP contribution in [0.1, 0.15) is 44.9 Å². The lowest BCUT2D eigenvalue weighted by atomic mass is 9.75. The molecule has 2 aliphatic heterocycles. The third kappa shape index (κ3) is 3.30. The van der Waals surface area contributed by atoms with Gasteiger partial charge in [0.05, 0.1) is 6.54 Å². The van der Waals surface area contributed by atoms with Crippen molar-refractivity contribution in [2.24, 2.45) is 10.4 Å². The van der Waals surface area contributed by atoms with Crippen LogP contribution in [0.4, 0.5) is 0 Å². The van der Waals surface area contributed by atoms with Crippen LogP contribution in [-0.4, -0.2) is 47.9 Å². The summed E-state index contributed by atoms with van der Waals surface area (Å²) in [6.07, 6.45) is 9.12. The van der Waals surface area contributed by atoms with Gasteiger partial charge in [0.1, 0.15) is 0 Å². The first-order valence-corrected chi connectivity index (χ1v) is 8.95. The minimum atomic E-state index is 0.226. The van der Waals surface area contributed by atoms with Crippen molar-refractivity contribution >= 4 is 22.8 Å². The number of rotatable bonds is 2. The third-order valence-electron chi connectivity index (χ3n) is 4.84. The number of amides is 1. The third-order valence-corrected chi connectivity index (χ3v) is 6.14. The van der Waals surface area contributed by atoms with Crippen LogP contribution in [0.2, 0.25) is 0 Å². The summed E-state index contributed by atoms with van der Waals surface area (Å²) in [5.41, 5.74) is 0.465. The van der Waals surface area contributed by atoms with Crippen molar-refractivity contribution in [1.82, 2.24) is 10.2 Å². The Balaban J connectivity index is 1.46. The number of carbonyl (C=O) groups excluding carboxylic acids is 1. The molecule has 3 rings (SSSR count). The second-order valence-corrected chi connectivity index (χ2v) is 7.38. The number of thioether (sulfide) groups is 1. The van der Waals surface area contributed by atoms with Gasteiger partial charge in [0.15, 0.2) is 5.17 Å². The molecule has 0 aromatic rings. The van der Waals surface area contributed by atoms with Crippen molar-refractivity contribution < 1.29 is 4.79 Å². The van der Waals surface area contributed by atoms with Crippen molar-refractivity contribution in [1.29, 1.82) is 0 Å². The van der Waals surface area contributed by atoms with E-state index in [9.17, 15) is 4.79 Å². The molecule has 1 amide bonds. The summed E-state index contributed by atoms with van der Waals surface area (Å²) in [6, 6.07) is 0. The van der Waals surface area contributed by atoms with Crippen LogP contribution in [-0.2, 0) is 4.79 Å². The maximum atomic E-state index is 12.0. The molecule has 0 bridgehead atoms. The van der Waals surface area contributed by atoms with E-state index >= 15 is 0 Å². The maximum absolute atomic E-state index is 12.0. The van der Waals surface area contributed by atoms with E-state index in [1.54, 1.807) is 0 Å². The van der Waals surface area contributed by atoms with Gasteiger partial charge in [0.25, 0.3) is 0 Å². The van der Waals surface area contributed by atoms with Crippen LogP contribution in [0.25, 0.3) is 0 Å². The van der Waals surface area contributed by atoms with Gasteiger partial charge in [-0.05, 0) is 31.1 Å². The average Bonchev–Trinajstić information content (AvgIpc) is 3.02. The van der Waals surface area contributed by atoms with E-state index in [0.717, 1.165) is 37.6 Å². The smallest absolute Gasteiger partial charge is 0.241 e. The van der Waals surface area contributed by atoms with E-state index in [0.29, 0.717) is 12.0 Å². The number of carbonyl (C=O) groups is 1. The van der Waals surface area contributed by atoms with Crippen LogP contribution in [0.15, 0.2) is 4.99 Å². The minimum absolute atomic E-state index is 0.226. The van der Waals surface area contributed by atoms with Crippen molar-refractivity contribution in [3.05, 3.63) is 0 Å². The molecule has 20 heavy (non-hydrogen) atoms. The molecular formula is C15H25N3OS. The first-order valence-electron chi connectivity index (χ1n) is 7.96. The Morgan fingerprint density at radius 1 is 1.20 bits per heavy atom. The number of hydrogen-bond acceptors (Lipinski definition) is 4. The van der Waals surface area contributed by atoms with E-state index in [2.05, 4.69) is 5.32 Å². The summed E-state index contributed by atoms with van der Waals surface area (Å²) in [5, 5.41) is 4.22. The van der Waals surface area contributed by atoms with Gasteiger partial charge in [0, 0.05) is 25.4 Å². The largest absolute Gasteiger partial charge is 0.356 e. The standard InChI is InChI=1S/C15H25N3OS/c19-13(18-8-4-5-9-18)10-16-14-17-11-15(12-20-14)6-2-1-3-7-15/h1-12H2,(H,16,17). The van der Waals surface area contributed by atoms with Crippen molar-refractivity contribution in [2.45, 2.75) is 44.9 Å². The fourth-order valence-electron chi connectivity index (χ4n) is 3.49. The highest BCUT2D eigenvalue weighted by Crippen LogP contribution is 2.41. The Labute approximate surface area is 125 Å². The molecule has 2 fully saturated rings. The predicted octanol–water partition coefficient (Wildman–Crippen LogP) is 2.25. The van der Waals surface area contributed by atoms with Gasteiger partial charge in [-0.1, -0.05) is 31.0 Å². The Morgan fingerprint density at radius 3 is 2.60 bits per heavy atom. The summed E-state index contributed by atoms with van der Waals surface area (Å²) >= 11 is 1.82. The molecule has 4 nitrogen and oxygen atoms in total. The molecule has 0 aromatic carbocycles. The first-order chi connectivity index (χ1) is 9.77. The fraction of sp³-hybridized carbons (Fsp3) is 0.867. The Hall–Kier alpha value is -0.710. The number of likely N-dealkylation sites (tertiary alicyclic amines) is 1. The Morgan fingerprint density at radius 2 is 1.95 bits per heavy atom. The molecule has 2 heterocycles. The van der Waals surface area contributed by atoms with Crippen molar-refractivity contribution in [3.63, 3.8) is 0 Å². The van der Waals surface area contributed by atoms with Gasteiger partial charge < -0.3 is 10.2 Å². The molecule has 1 spiro atoms. The number of aliphatic imine (C=N–C) groups is 1. The van der Waals surface area contributed by atoms with Gasteiger partial charge in [0.2, 0.25) is 5.91 Å². The molecule has 1 saturated carbocycles. The SMILES string of the molecule is O=C(CNC1=NCC2(CCCCC2)CS1)N1CCCC1. The predicted molar refractivity (Wildman–Crippen MR) is 84.1 cm³/mol. The summed E-state index contributed by atoms with van der Waals surface area (Å²) in [4.78, 5) is 18.6. The Bertz CT molecular complexity index is 385. The van der Waals surface area contributed by atoms with E-state index < -0.39 is 0 Å². The molecule has 3 aliphatic rings. The molecule has 112 valence electrons. The van der Waals surface area contributed by atoms with Crippen LogP contribution >= 0.6 is 11.8 Å². The molecular weight excluding hydrogens is 270 g/mol. The molecule has 0 atom stereocenters. The highest BCUT2D eigenvalue weighted by molar-refractivity contribution is 8.13. The van der Waals surface area contributed by atoms with Gasteiger partial charge in [-0.15, -0.1) is 0 Å². The number of hydrogen-bond donors (Lipinski definition) is 1. The van der Waals surface area contributed by atoms with Crippen molar-refractivity contribution in [2.75, 3.05) is 31.9 Å². The Kier molecular flexibility index (Phi) is 4.54. The minimum Gasteiger partial charge on any atom is -0.356 e. The maximum Gasteiger partial charge on any atom is 0.241 e. The summed E-state index contributed by atoms with van der Waals surface area (Å²) in [6.45, 7) is 3.24. The van der Waals surface area contributed by atoms with Crippen LogP contribution < -0.4 is 5.32 Å². The monoisotopic (exact) mass is 295 g/mol. The lowest BCUT2D eigenvalue weighted by Crippen LogP contribution is -2.41. The number of nitrogens with one attached hydrogen (secondary N) is 1. The molecule has 1 N–H and O–H groups in total. The molecule has 5 heteroatoms. The van der Waals surface area contributed by atoms with Crippen molar-refractivity contribution in [3.8, 4) is 0 Å². The summed E-state index contributed by atoms with van der Waals surface area (Å²) in [5.74, 6) is 1.40. The zero-order chi connectivity index (χ0) is 13.8. The quantitative estimate of drug-likeness (QED) is 0.850. The van der Waals surface area contributed by atoms with Crippen LogP contribution in [0.5, 0.6) is 0 Å². The highest BCUT2D eigenvalue weighted by atomic mass is 32.2. The van der Waals surface area contributed by atoms with E-state index in [1.807, 2.05) is 16.7 Å². The molecule has 1 saturated heterocycles. The summed E-state index contributed by atoms with van der Waals surface area (Å²) in [7, 11) is 0. The van der Waals surface area contributed by atoms with E-state index in [4.69, 9.17) is 4.99 Å². The van der Waals surface area contributed by atoms with Crippen LogP contribution in [0.3, 0.4) is 0 Å². The lowest BCUT2D eigenvalue weighted by Gasteiger charge is -2.38. The highest BCUT2D eigenvalue weighted by Gasteiger charge is 2.34. The zero-order valence-electron chi connectivity index (χ0n) is 12.2. The van der Waals surface area contributed by atoms with E-state index in [1.165, 1.54) is 37.9 Å².